The fourth-order valence-electron chi connectivity index (χ4n) is 1.87. The van der Waals surface area contributed by atoms with Crippen LogP contribution in [0, 0.1) is 17.1 Å². The second-order valence-electron chi connectivity index (χ2n) is 4.64. The SMILES string of the molecule is CCOc1cc(C#N)cc(Br)c1OC(=O)/C=C\c1ccc(F)cc1. The van der Waals surface area contributed by atoms with Crippen LogP contribution in [0.2, 0.25) is 0 Å². The topological polar surface area (TPSA) is 59.3 Å². The van der Waals surface area contributed by atoms with Gasteiger partial charge in [-0.15, -0.1) is 0 Å². The minimum atomic E-state index is -0.620. The number of carbonyl (C=O) groups excluding carboxylic acids is 1. The molecule has 0 bridgehead atoms. The van der Waals surface area contributed by atoms with Crippen molar-refractivity contribution in [1.82, 2.24) is 0 Å². The molecule has 0 aromatic heterocycles. The maximum atomic E-state index is 12.8. The molecule has 0 heterocycles. The highest BCUT2D eigenvalue weighted by molar-refractivity contribution is 9.10. The molecular formula is C18H13BrFNO3. The van der Waals surface area contributed by atoms with Crippen molar-refractivity contribution >= 4 is 28.0 Å². The van der Waals surface area contributed by atoms with E-state index in [9.17, 15) is 9.18 Å². The van der Waals surface area contributed by atoms with E-state index >= 15 is 0 Å². The minimum absolute atomic E-state index is 0.199. The van der Waals surface area contributed by atoms with E-state index in [4.69, 9.17) is 14.7 Å². The smallest absolute Gasteiger partial charge is 0.336 e. The molecule has 0 atom stereocenters. The standard InChI is InChI=1S/C18H13BrFNO3/c1-2-23-16-10-13(11-21)9-15(19)18(16)24-17(22)8-5-12-3-6-14(20)7-4-12/h3-10H,2H2,1H3/b8-5-. The fourth-order valence-corrected chi connectivity index (χ4v) is 2.39. The quantitative estimate of drug-likeness (QED) is 0.429. The Morgan fingerprint density at radius 1 is 1.33 bits per heavy atom. The number of nitrogens with zero attached hydrogens (tertiary/aromatic N) is 1. The normalized spacial score (nSPS) is 10.4. The fraction of sp³-hybridized carbons (Fsp3) is 0.111. The summed E-state index contributed by atoms with van der Waals surface area (Å²) in [4.78, 5) is 12.0. The zero-order chi connectivity index (χ0) is 17.5. The van der Waals surface area contributed by atoms with Crippen molar-refractivity contribution in [3.63, 3.8) is 0 Å². The molecule has 6 heteroatoms. The first kappa shape index (κ1) is 17.7. The monoisotopic (exact) mass is 389 g/mol. The van der Waals surface area contributed by atoms with Crippen molar-refractivity contribution in [3.8, 4) is 17.6 Å². The second kappa shape index (κ2) is 8.27. The van der Waals surface area contributed by atoms with Crippen LogP contribution in [-0.4, -0.2) is 12.6 Å². The summed E-state index contributed by atoms with van der Waals surface area (Å²) in [7, 11) is 0. The molecule has 0 N–H and O–H groups in total. The zero-order valence-electron chi connectivity index (χ0n) is 12.8. The predicted octanol–water partition coefficient (Wildman–Crippen LogP) is 4.48. The van der Waals surface area contributed by atoms with Crippen LogP contribution in [0.4, 0.5) is 4.39 Å². The number of rotatable bonds is 5. The molecular weight excluding hydrogens is 377 g/mol. The molecule has 0 fully saturated rings. The van der Waals surface area contributed by atoms with E-state index in [-0.39, 0.29) is 11.6 Å². The predicted molar refractivity (Wildman–Crippen MR) is 91.1 cm³/mol. The van der Waals surface area contributed by atoms with Crippen LogP contribution < -0.4 is 9.47 Å². The molecule has 0 saturated heterocycles. The van der Waals surface area contributed by atoms with Gasteiger partial charge in [-0.25, -0.2) is 9.18 Å². The van der Waals surface area contributed by atoms with Crippen molar-refractivity contribution in [2.24, 2.45) is 0 Å². The molecule has 24 heavy (non-hydrogen) atoms. The van der Waals surface area contributed by atoms with Crippen LogP contribution in [0.25, 0.3) is 6.08 Å². The lowest BCUT2D eigenvalue weighted by Gasteiger charge is -2.11. The van der Waals surface area contributed by atoms with Crippen LogP contribution >= 0.6 is 15.9 Å². The van der Waals surface area contributed by atoms with Gasteiger partial charge in [0.2, 0.25) is 0 Å². The number of carbonyl (C=O) groups is 1. The lowest BCUT2D eigenvalue weighted by atomic mass is 10.2. The van der Waals surface area contributed by atoms with Gasteiger partial charge in [0, 0.05) is 12.1 Å². The summed E-state index contributed by atoms with van der Waals surface area (Å²) in [6.07, 6.45) is 2.74. The number of hydrogen-bond acceptors (Lipinski definition) is 4. The molecule has 0 spiro atoms. The molecule has 2 rings (SSSR count). The van der Waals surface area contributed by atoms with Crippen molar-refractivity contribution in [2.45, 2.75) is 6.92 Å². The zero-order valence-corrected chi connectivity index (χ0v) is 14.3. The molecule has 2 aromatic carbocycles. The van der Waals surface area contributed by atoms with Crippen LogP contribution in [0.3, 0.4) is 0 Å². The van der Waals surface area contributed by atoms with Gasteiger partial charge in [0.1, 0.15) is 5.82 Å². The van der Waals surface area contributed by atoms with E-state index in [0.717, 1.165) is 0 Å². The highest BCUT2D eigenvalue weighted by Crippen LogP contribution is 2.37. The summed E-state index contributed by atoms with van der Waals surface area (Å²) in [5.74, 6) is -0.472. The Morgan fingerprint density at radius 3 is 2.67 bits per heavy atom. The van der Waals surface area contributed by atoms with E-state index in [1.54, 1.807) is 19.1 Å². The van der Waals surface area contributed by atoms with Gasteiger partial charge in [-0.2, -0.15) is 5.26 Å². The van der Waals surface area contributed by atoms with Gasteiger partial charge < -0.3 is 9.47 Å². The van der Waals surface area contributed by atoms with Gasteiger partial charge in [-0.3, -0.25) is 0 Å². The average molecular weight is 390 g/mol. The van der Waals surface area contributed by atoms with Crippen LogP contribution in [0.1, 0.15) is 18.1 Å². The van der Waals surface area contributed by atoms with Gasteiger partial charge in [-0.05, 0) is 52.7 Å². The number of halogens is 2. The Morgan fingerprint density at radius 2 is 2.04 bits per heavy atom. The number of hydrogen-bond donors (Lipinski definition) is 0. The van der Waals surface area contributed by atoms with Crippen molar-refractivity contribution in [3.05, 3.63) is 63.9 Å². The van der Waals surface area contributed by atoms with E-state index in [1.165, 1.54) is 36.4 Å². The molecule has 0 aliphatic rings. The number of ether oxygens (including phenoxy) is 2. The Labute approximate surface area is 147 Å². The average Bonchev–Trinajstić information content (AvgIpc) is 2.57. The van der Waals surface area contributed by atoms with E-state index in [0.29, 0.717) is 28.0 Å². The van der Waals surface area contributed by atoms with Crippen LogP contribution in [0.15, 0.2) is 46.9 Å². The Bertz CT molecular complexity index is 810. The van der Waals surface area contributed by atoms with Gasteiger partial charge in [0.25, 0.3) is 0 Å². The molecule has 0 aliphatic carbocycles. The van der Waals surface area contributed by atoms with Crippen LogP contribution in [0.5, 0.6) is 11.5 Å². The first-order chi connectivity index (χ1) is 11.5. The molecule has 4 nitrogen and oxygen atoms in total. The van der Waals surface area contributed by atoms with Gasteiger partial charge in [0.15, 0.2) is 11.5 Å². The van der Waals surface area contributed by atoms with Crippen LogP contribution in [-0.2, 0) is 4.79 Å². The lowest BCUT2D eigenvalue weighted by molar-refractivity contribution is -0.129. The Hall–Kier alpha value is -2.65. The number of nitriles is 1. The Balaban J connectivity index is 2.19. The van der Waals surface area contributed by atoms with Gasteiger partial charge in [0.05, 0.1) is 22.7 Å². The molecule has 0 saturated carbocycles. The van der Waals surface area contributed by atoms with E-state index < -0.39 is 5.97 Å². The summed E-state index contributed by atoms with van der Waals surface area (Å²) >= 11 is 3.27. The third kappa shape index (κ3) is 4.67. The van der Waals surface area contributed by atoms with E-state index in [2.05, 4.69) is 15.9 Å². The third-order valence-corrected chi connectivity index (χ3v) is 3.51. The van der Waals surface area contributed by atoms with Gasteiger partial charge in [-0.1, -0.05) is 12.1 Å². The van der Waals surface area contributed by atoms with Crippen molar-refractivity contribution in [2.75, 3.05) is 6.61 Å². The Kier molecular flexibility index (Phi) is 6.10. The first-order valence-corrected chi connectivity index (χ1v) is 7.84. The largest absolute Gasteiger partial charge is 0.490 e. The molecule has 0 amide bonds. The minimum Gasteiger partial charge on any atom is -0.490 e. The summed E-state index contributed by atoms with van der Waals surface area (Å²) in [5.41, 5.74) is 1.05. The molecule has 0 unspecified atom stereocenters. The lowest BCUT2D eigenvalue weighted by Crippen LogP contribution is -2.07. The van der Waals surface area contributed by atoms with Crippen molar-refractivity contribution < 1.29 is 18.7 Å². The molecule has 0 aliphatic heterocycles. The van der Waals surface area contributed by atoms with E-state index in [1.807, 2.05) is 6.07 Å². The second-order valence-corrected chi connectivity index (χ2v) is 5.49. The number of esters is 1. The summed E-state index contributed by atoms with van der Waals surface area (Å²) < 4.78 is 24.0. The summed E-state index contributed by atoms with van der Waals surface area (Å²) in [5, 5.41) is 8.99. The van der Waals surface area contributed by atoms with Crippen molar-refractivity contribution in [1.29, 1.82) is 5.26 Å². The first-order valence-electron chi connectivity index (χ1n) is 7.05. The maximum Gasteiger partial charge on any atom is 0.336 e. The maximum absolute atomic E-state index is 12.8. The highest BCUT2D eigenvalue weighted by atomic mass is 79.9. The summed E-state index contributed by atoms with van der Waals surface area (Å²) in [6, 6.07) is 10.7. The summed E-state index contributed by atoms with van der Waals surface area (Å²) in [6.45, 7) is 2.14. The molecule has 122 valence electrons. The third-order valence-electron chi connectivity index (χ3n) is 2.92. The number of benzene rings is 2. The molecule has 0 radical (unpaired) electrons. The molecule has 2 aromatic rings. The van der Waals surface area contributed by atoms with Gasteiger partial charge >= 0.3 is 5.97 Å². The highest BCUT2D eigenvalue weighted by Gasteiger charge is 2.15.